The molecule has 0 saturated carbocycles. The molecule has 0 unspecified atom stereocenters. The molecule has 1 heterocycles. The molecule has 1 fully saturated rings. The SMILES string of the molecule is O=C(CS(=O)(=O)CCCc1ccccc1)N1CCN(Cc2ccccc2)CC1. The van der Waals surface area contributed by atoms with E-state index in [-0.39, 0.29) is 17.4 Å². The monoisotopic (exact) mass is 400 g/mol. The quantitative estimate of drug-likeness (QED) is 0.683. The van der Waals surface area contributed by atoms with Gasteiger partial charge >= 0.3 is 0 Å². The second kappa shape index (κ2) is 9.85. The Labute approximate surface area is 167 Å². The molecule has 5 nitrogen and oxygen atoms in total. The smallest absolute Gasteiger partial charge is 0.237 e. The van der Waals surface area contributed by atoms with E-state index in [0.29, 0.717) is 25.9 Å². The number of aryl methyl sites for hydroxylation is 1. The van der Waals surface area contributed by atoms with E-state index in [2.05, 4.69) is 17.0 Å². The fraction of sp³-hybridized carbons (Fsp3) is 0.409. The van der Waals surface area contributed by atoms with E-state index < -0.39 is 9.84 Å². The van der Waals surface area contributed by atoms with E-state index in [1.165, 1.54) is 5.56 Å². The van der Waals surface area contributed by atoms with Crippen LogP contribution < -0.4 is 0 Å². The first-order valence-corrected chi connectivity index (χ1v) is 11.6. The first-order chi connectivity index (χ1) is 13.5. The number of sulfone groups is 1. The van der Waals surface area contributed by atoms with Crippen LogP contribution in [0.15, 0.2) is 60.7 Å². The number of amides is 1. The van der Waals surface area contributed by atoms with E-state index >= 15 is 0 Å². The highest BCUT2D eigenvalue weighted by molar-refractivity contribution is 7.92. The van der Waals surface area contributed by atoms with Gasteiger partial charge in [-0.05, 0) is 24.0 Å². The van der Waals surface area contributed by atoms with Gasteiger partial charge in [-0.25, -0.2) is 8.42 Å². The van der Waals surface area contributed by atoms with Crippen LogP contribution in [0.25, 0.3) is 0 Å². The number of rotatable bonds is 8. The van der Waals surface area contributed by atoms with Crippen molar-refractivity contribution in [1.82, 2.24) is 9.80 Å². The molecule has 1 aliphatic heterocycles. The summed E-state index contributed by atoms with van der Waals surface area (Å²) in [5.74, 6) is -0.582. The lowest BCUT2D eigenvalue weighted by Gasteiger charge is -2.34. The van der Waals surface area contributed by atoms with E-state index in [1.54, 1.807) is 4.90 Å². The molecule has 0 atom stereocenters. The molecule has 3 rings (SSSR count). The molecule has 0 spiro atoms. The van der Waals surface area contributed by atoms with Crippen molar-refractivity contribution in [2.24, 2.45) is 0 Å². The van der Waals surface area contributed by atoms with Crippen LogP contribution >= 0.6 is 0 Å². The zero-order valence-corrected chi connectivity index (χ0v) is 17.0. The van der Waals surface area contributed by atoms with Crippen LogP contribution in [0.2, 0.25) is 0 Å². The summed E-state index contributed by atoms with van der Waals surface area (Å²) in [7, 11) is -3.37. The lowest BCUT2D eigenvalue weighted by molar-refractivity contribution is -0.130. The summed E-state index contributed by atoms with van der Waals surface area (Å²) >= 11 is 0. The fourth-order valence-electron chi connectivity index (χ4n) is 3.49. The number of carbonyl (C=O) groups excluding carboxylic acids is 1. The topological polar surface area (TPSA) is 57.7 Å². The maximum atomic E-state index is 12.4. The predicted molar refractivity (Wildman–Crippen MR) is 112 cm³/mol. The Bertz CT molecular complexity index is 846. The number of benzene rings is 2. The minimum absolute atomic E-state index is 0.0571. The van der Waals surface area contributed by atoms with Crippen LogP contribution in [0.4, 0.5) is 0 Å². The normalized spacial score (nSPS) is 15.5. The Hall–Kier alpha value is -2.18. The lowest BCUT2D eigenvalue weighted by atomic mass is 10.1. The Morgan fingerprint density at radius 3 is 2.00 bits per heavy atom. The fourth-order valence-corrected chi connectivity index (χ4v) is 4.78. The second-order valence-corrected chi connectivity index (χ2v) is 9.51. The first-order valence-electron chi connectivity index (χ1n) is 9.80. The van der Waals surface area contributed by atoms with E-state index in [1.807, 2.05) is 48.5 Å². The Balaban J connectivity index is 1.40. The summed E-state index contributed by atoms with van der Waals surface area (Å²) in [5, 5.41) is 0. The van der Waals surface area contributed by atoms with Crippen molar-refractivity contribution >= 4 is 15.7 Å². The molecular weight excluding hydrogens is 372 g/mol. The van der Waals surface area contributed by atoms with Gasteiger partial charge in [-0.3, -0.25) is 9.69 Å². The number of carbonyl (C=O) groups is 1. The number of hydrogen-bond acceptors (Lipinski definition) is 4. The minimum Gasteiger partial charge on any atom is -0.339 e. The molecular formula is C22H28N2O3S. The van der Waals surface area contributed by atoms with Crippen LogP contribution in [0.1, 0.15) is 17.5 Å². The van der Waals surface area contributed by atoms with Crippen molar-refractivity contribution in [3.05, 3.63) is 71.8 Å². The van der Waals surface area contributed by atoms with Crippen molar-refractivity contribution in [3.63, 3.8) is 0 Å². The lowest BCUT2D eigenvalue weighted by Crippen LogP contribution is -2.49. The molecule has 0 bridgehead atoms. The molecule has 1 amide bonds. The van der Waals surface area contributed by atoms with Gasteiger partial charge in [-0.15, -0.1) is 0 Å². The van der Waals surface area contributed by atoms with Gasteiger partial charge in [0.25, 0.3) is 0 Å². The molecule has 1 saturated heterocycles. The van der Waals surface area contributed by atoms with Crippen LogP contribution in [0.5, 0.6) is 0 Å². The predicted octanol–water partition coefficient (Wildman–Crippen LogP) is 2.38. The van der Waals surface area contributed by atoms with Crippen molar-refractivity contribution in [2.45, 2.75) is 19.4 Å². The van der Waals surface area contributed by atoms with Crippen LogP contribution in [-0.4, -0.2) is 61.8 Å². The molecule has 2 aromatic carbocycles. The van der Waals surface area contributed by atoms with E-state index in [0.717, 1.165) is 25.2 Å². The summed E-state index contributed by atoms with van der Waals surface area (Å²) in [4.78, 5) is 16.4. The van der Waals surface area contributed by atoms with Crippen molar-refractivity contribution in [2.75, 3.05) is 37.7 Å². The molecule has 0 N–H and O–H groups in total. The molecule has 150 valence electrons. The van der Waals surface area contributed by atoms with Gasteiger partial charge in [0.2, 0.25) is 5.91 Å². The van der Waals surface area contributed by atoms with Gasteiger partial charge in [-0.2, -0.15) is 0 Å². The van der Waals surface area contributed by atoms with E-state index in [4.69, 9.17) is 0 Å². The molecule has 28 heavy (non-hydrogen) atoms. The van der Waals surface area contributed by atoms with Gasteiger partial charge in [0, 0.05) is 32.7 Å². The average Bonchev–Trinajstić information content (AvgIpc) is 2.69. The summed E-state index contributed by atoms with van der Waals surface area (Å²) < 4.78 is 24.6. The Morgan fingerprint density at radius 1 is 0.821 bits per heavy atom. The van der Waals surface area contributed by atoms with Gasteiger partial charge in [0.15, 0.2) is 9.84 Å². The largest absolute Gasteiger partial charge is 0.339 e. The summed E-state index contributed by atoms with van der Waals surface area (Å²) in [6.07, 6.45) is 1.26. The molecule has 2 aromatic rings. The summed E-state index contributed by atoms with van der Waals surface area (Å²) in [5.41, 5.74) is 2.38. The van der Waals surface area contributed by atoms with Crippen molar-refractivity contribution < 1.29 is 13.2 Å². The zero-order chi connectivity index (χ0) is 19.8. The molecule has 1 aliphatic rings. The highest BCUT2D eigenvalue weighted by Gasteiger charge is 2.25. The molecule has 0 aliphatic carbocycles. The second-order valence-electron chi connectivity index (χ2n) is 7.32. The zero-order valence-electron chi connectivity index (χ0n) is 16.2. The molecule has 0 radical (unpaired) electrons. The van der Waals surface area contributed by atoms with Gasteiger partial charge in [0.1, 0.15) is 5.75 Å². The molecule has 6 heteroatoms. The first kappa shape index (κ1) is 20.6. The number of nitrogens with zero attached hydrogens (tertiary/aromatic N) is 2. The standard InChI is InChI=1S/C22H28N2O3S/c25-22(19-28(26,27)17-7-12-20-8-3-1-4-9-20)24-15-13-23(14-16-24)18-21-10-5-2-6-11-21/h1-6,8-11H,7,12-19H2. The maximum absolute atomic E-state index is 12.4. The number of hydrogen-bond donors (Lipinski definition) is 0. The number of piperazine rings is 1. The molecule has 0 aromatic heterocycles. The van der Waals surface area contributed by atoms with Crippen LogP contribution in [0, 0.1) is 0 Å². The highest BCUT2D eigenvalue weighted by Crippen LogP contribution is 2.10. The van der Waals surface area contributed by atoms with Crippen LogP contribution in [-0.2, 0) is 27.6 Å². The summed E-state index contributed by atoms with van der Waals surface area (Å²) in [6, 6.07) is 20.1. The van der Waals surface area contributed by atoms with Gasteiger partial charge < -0.3 is 4.90 Å². The summed E-state index contributed by atoms with van der Waals surface area (Å²) in [6.45, 7) is 3.58. The van der Waals surface area contributed by atoms with Gasteiger partial charge in [0.05, 0.1) is 5.75 Å². The minimum atomic E-state index is -3.37. The van der Waals surface area contributed by atoms with Crippen LogP contribution in [0.3, 0.4) is 0 Å². The van der Waals surface area contributed by atoms with Crippen molar-refractivity contribution in [1.29, 1.82) is 0 Å². The maximum Gasteiger partial charge on any atom is 0.237 e. The van der Waals surface area contributed by atoms with Crippen molar-refractivity contribution in [3.8, 4) is 0 Å². The highest BCUT2D eigenvalue weighted by atomic mass is 32.2. The Kier molecular flexibility index (Phi) is 7.23. The average molecular weight is 401 g/mol. The Morgan fingerprint density at radius 2 is 1.39 bits per heavy atom. The third-order valence-corrected chi connectivity index (χ3v) is 6.68. The third kappa shape index (κ3) is 6.46. The van der Waals surface area contributed by atoms with E-state index in [9.17, 15) is 13.2 Å². The van der Waals surface area contributed by atoms with Gasteiger partial charge in [-0.1, -0.05) is 60.7 Å². The third-order valence-electron chi connectivity index (χ3n) is 5.08.